The summed E-state index contributed by atoms with van der Waals surface area (Å²) in [4.78, 5) is 2.64. The second-order valence-corrected chi connectivity index (χ2v) is 6.10. The van der Waals surface area contributed by atoms with E-state index in [4.69, 9.17) is 4.74 Å². The molecule has 1 atom stereocenters. The van der Waals surface area contributed by atoms with Crippen LogP contribution >= 0.6 is 0 Å². The molecule has 2 aliphatic heterocycles. The van der Waals surface area contributed by atoms with Crippen LogP contribution in [-0.4, -0.2) is 36.7 Å². The van der Waals surface area contributed by atoms with E-state index in [1.165, 1.54) is 24.8 Å². The van der Waals surface area contributed by atoms with Gasteiger partial charge >= 0.3 is 0 Å². The summed E-state index contributed by atoms with van der Waals surface area (Å²) < 4.78 is 5.88. The predicted octanol–water partition coefficient (Wildman–Crippen LogP) is 2.97. The van der Waals surface area contributed by atoms with Gasteiger partial charge in [-0.05, 0) is 31.9 Å². The second kappa shape index (κ2) is 5.74. The average molecular weight is 274 g/mol. The summed E-state index contributed by atoms with van der Waals surface area (Å²) in [5.74, 6) is 1.08. The van der Waals surface area contributed by atoms with Crippen LogP contribution in [-0.2, 0) is 0 Å². The summed E-state index contributed by atoms with van der Waals surface area (Å²) >= 11 is 0. The van der Waals surface area contributed by atoms with E-state index in [1.54, 1.807) is 0 Å². The second-order valence-electron chi connectivity index (χ2n) is 6.10. The molecule has 1 unspecified atom stereocenters. The quantitative estimate of drug-likeness (QED) is 0.917. The molecule has 0 aliphatic carbocycles. The number of hydrogen-bond acceptors (Lipinski definition) is 3. The molecule has 0 radical (unpaired) electrons. The maximum Gasteiger partial charge on any atom is 0.124 e. The van der Waals surface area contributed by atoms with E-state index >= 15 is 0 Å². The molecule has 1 fully saturated rings. The molecular formula is C17H26N2O. The van der Waals surface area contributed by atoms with Gasteiger partial charge in [-0.15, -0.1) is 0 Å². The van der Waals surface area contributed by atoms with Crippen molar-refractivity contribution < 1.29 is 4.74 Å². The summed E-state index contributed by atoms with van der Waals surface area (Å²) in [7, 11) is 0. The number of para-hydroxylation sites is 1. The van der Waals surface area contributed by atoms with Gasteiger partial charge in [-0.2, -0.15) is 0 Å². The van der Waals surface area contributed by atoms with Crippen LogP contribution < -0.4 is 10.1 Å². The average Bonchev–Trinajstić information content (AvgIpc) is 2.81. The first-order chi connectivity index (χ1) is 9.78. The number of hydrogen-bond donors (Lipinski definition) is 1. The van der Waals surface area contributed by atoms with E-state index < -0.39 is 0 Å². The highest BCUT2D eigenvalue weighted by atomic mass is 16.5. The van der Waals surface area contributed by atoms with Crippen LogP contribution in [0.5, 0.6) is 5.75 Å². The summed E-state index contributed by atoms with van der Waals surface area (Å²) in [5.41, 5.74) is 1.64. The Morgan fingerprint density at radius 2 is 2.10 bits per heavy atom. The third-order valence-electron chi connectivity index (χ3n) is 5.10. The topological polar surface area (TPSA) is 24.5 Å². The number of ether oxygens (including phenoxy) is 1. The molecule has 0 saturated carbocycles. The summed E-state index contributed by atoms with van der Waals surface area (Å²) in [6.45, 7) is 8.84. The van der Waals surface area contributed by atoms with E-state index in [2.05, 4.69) is 48.3 Å². The Balaban J connectivity index is 1.83. The maximum absolute atomic E-state index is 5.88. The molecule has 110 valence electrons. The molecule has 2 aliphatic rings. The van der Waals surface area contributed by atoms with Crippen molar-refractivity contribution in [2.75, 3.05) is 26.2 Å². The van der Waals surface area contributed by atoms with Gasteiger partial charge in [-0.25, -0.2) is 0 Å². The van der Waals surface area contributed by atoms with Gasteiger partial charge in [0.05, 0.1) is 6.04 Å². The van der Waals surface area contributed by atoms with E-state index in [0.29, 0.717) is 6.04 Å². The predicted molar refractivity (Wildman–Crippen MR) is 82.2 cm³/mol. The van der Waals surface area contributed by atoms with Crippen molar-refractivity contribution in [2.24, 2.45) is 0 Å². The minimum absolute atomic E-state index is 0.272. The first-order valence-electron chi connectivity index (χ1n) is 7.99. The molecular weight excluding hydrogens is 248 g/mol. The van der Waals surface area contributed by atoms with Crippen LogP contribution in [0.3, 0.4) is 0 Å². The van der Waals surface area contributed by atoms with Gasteiger partial charge in [0, 0.05) is 24.2 Å². The number of benzene rings is 1. The van der Waals surface area contributed by atoms with Crippen molar-refractivity contribution in [3.8, 4) is 5.75 Å². The minimum atomic E-state index is 0.272. The Hall–Kier alpha value is -1.06. The first kappa shape index (κ1) is 13.9. The molecule has 0 aromatic heterocycles. The molecule has 1 aromatic rings. The van der Waals surface area contributed by atoms with Crippen molar-refractivity contribution in [1.29, 1.82) is 0 Å². The Kier molecular flexibility index (Phi) is 3.99. The number of fused-ring (bicyclic) bond motifs is 1. The largest absolute Gasteiger partial charge is 0.491 e. The van der Waals surface area contributed by atoms with E-state index in [0.717, 1.165) is 32.0 Å². The summed E-state index contributed by atoms with van der Waals surface area (Å²) in [6.07, 6.45) is 3.60. The summed E-state index contributed by atoms with van der Waals surface area (Å²) in [6, 6.07) is 8.95. The van der Waals surface area contributed by atoms with Crippen molar-refractivity contribution in [2.45, 2.75) is 44.7 Å². The SMILES string of the molecule is CCC1(CC)CN(C2COc3ccccc32)CCCN1. The molecule has 1 N–H and O–H groups in total. The van der Waals surface area contributed by atoms with E-state index in [1.807, 2.05) is 0 Å². The Labute approximate surface area is 122 Å². The van der Waals surface area contributed by atoms with Gasteiger partial charge in [-0.3, -0.25) is 4.90 Å². The molecule has 0 spiro atoms. The van der Waals surface area contributed by atoms with Crippen LogP contribution in [0, 0.1) is 0 Å². The zero-order valence-corrected chi connectivity index (χ0v) is 12.7. The zero-order valence-electron chi connectivity index (χ0n) is 12.7. The van der Waals surface area contributed by atoms with Gasteiger partial charge in [-0.1, -0.05) is 32.0 Å². The molecule has 0 amide bonds. The fourth-order valence-corrected chi connectivity index (χ4v) is 3.60. The minimum Gasteiger partial charge on any atom is -0.491 e. The Morgan fingerprint density at radius 1 is 1.30 bits per heavy atom. The first-order valence-corrected chi connectivity index (χ1v) is 7.99. The molecule has 2 heterocycles. The van der Waals surface area contributed by atoms with Crippen molar-refractivity contribution in [3.63, 3.8) is 0 Å². The van der Waals surface area contributed by atoms with Crippen molar-refractivity contribution in [1.82, 2.24) is 10.2 Å². The number of rotatable bonds is 3. The van der Waals surface area contributed by atoms with Crippen LogP contribution in [0.4, 0.5) is 0 Å². The van der Waals surface area contributed by atoms with Gasteiger partial charge in [0.25, 0.3) is 0 Å². The number of nitrogens with zero attached hydrogens (tertiary/aromatic N) is 1. The molecule has 1 saturated heterocycles. The highest BCUT2D eigenvalue weighted by molar-refractivity contribution is 5.39. The molecule has 3 nitrogen and oxygen atoms in total. The van der Waals surface area contributed by atoms with Crippen LogP contribution in [0.15, 0.2) is 24.3 Å². The maximum atomic E-state index is 5.88. The van der Waals surface area contributed by atoms with Gasteiger partial charge < -0.3 is 10.1 Å². The molecule has 20 heavy (non-hydrogen) atoms. The van der Waals surface area contributed by atoms with Crippen LogP contribution in [0.2, 0.25) is 0 Å². The summed E-state index contributed by atoms with van der Waals surface area (Å²) in [5, 5.41) is 3.79. The monoisotopic (exact) mass is 274 g/mol. The van der Waals surface area contributed by atoms with Gasteiger partial charge in [0.1, 0.15) is 12.4 Å². The van der Waals surface area contributed by atoms with Crippen molar-refractivity contribution in [3.05, 3.63) is 29.8 Å². The van der Waals surface area contributed by atoms with Crippen LogP contribution in [0.1, 0.15) is 44.7 Å². The number of nitrogens with one attached hydrogen (secondary N) is 1. The lowest BCUT2D eigenvalue weighted by molar-refractivity contribution is 0.128. The Bertz CT molecular complexity index is 456. The molecule has 1 aromatic carbocycles. The highest BCUT2D eigenvalue weighted by Gasteiger charge is 2.36. The fraction of sp³-hybridized carbons (Fsp3) is 0.647. The van der Waals surface area contributed by atoms with E-state index in [-0.39, 0.29) is 5.54 Å². The lowest BCUT2D eigenvalue weighted by Crippen LogP contribution is -2.51. The van der Waals surface area contributed by atoms with E-state index in [9.17, 15) is 0 Å². The lowest BCUT2D eigenvalue weighted by Gasteiger charge is -2.37. The standard InChI is InChI=1S/C17H26N2O/c1-3-17(4-2)13-19(11-7-10-18-17)15-12-20-16-9-6-5-8-14(15)16/h5-6,8-9,15,18H,3-4,7,10-13H2,1-2H3. The Morgan fingerprint density at radius 3 is 2.90 bits per heavy atom. The zero-order chi connectivity index (χ0) is 14.0. The normalized spacial score (nSPS) is 25.8. The highest BCUT2D eigenvalue weighted by Crippen LogP contribution is 2.37. The van der Waals surface area contributed by atoms with Gasteiger partial charge in [0.2, 0.25) is 0 Å². The van der Waals surface area contributed by atoms with Crippen LogP contribution in [0.25, 0.3) is 0 Å². The van der Waals surface area contributed by atoms with Gasteiger partial charge in [0.15, 0.2) is 0 Å². The lowest BCUT2D eigenvalue weighted by atomic mass is 9.91. The molecule has 3 rings (SSSR count). The third kappa shape index (κ3) is 2.45. The molecule has 0 bridgehead atoms. The van der Waals surface area contributed by atoms with Crippen molar-refractivity contribution >= 4 is 0 Å². The molecule has 3 heteroatoms. The fourth-order valence-electron chi connectivity index (χ4n) is 3.60. The smallest absolute Gasteiger partial charge is 0.124 e. The third-order valence-corrected chi connectivity index (χ3v) is 5.10.